The predicted molar refractivity (Wildman–Crippen MR) is 92.2 cm³/mol. The summed E-state index contributed by atoms with van der Waals surface area (Å²) in [5.74, 6) is -0.302. The molecule has 0 saturated heterocycles. The van der Waals surface area contributed by atoms with Crippen LogP contribution >= 0.6 is 38.6 Å². The summed E-state index contributed by atoms with van der Waals surface area (Å²) < 4.78 is 3.01. The van der Waals surface area contributed by atoms with Crippen LogP contribution in [0.5, 0.6) is 0 Å². The van der Waals surface area contributed by atoms with E-state index in [9.17, 15) is 14.4 Å². The van der Waals surface area contributed by atoms with Crippen molar-refractivity contribution >= 4 is 59.9 Å². The number of nitrogens with one attached hydrogen (secondary N) is 1. The Morgan fingerprint density at radius 3 is 2.70 bits per heavy atom. The highest BCUT2D eigenvalue weighted by Crippen LogP contribution is 2.23. The minimum Gasteiger partial charge on any atom is -0.300 e. The second kappa shape index (κ2) is 5.98. The number of aromatic nitrogens is 4. The molecule has 0 unspecified atom stereocenters. The SMILES string of the molecule is Cn1c(=O)c2c(CC(=O)Nc3nnc(Br)s3)csc2n(C)c1=O. The Morgan fingerprint density at radius 2 is 2.04 bits per heavy atom. The zero-order chi connectivity index (χ0) is 16.7. The third-order valence-electron chi connectivity index (χ3n) is 3.24. The first kappa shape index (κ1) is 16.0. The molecule has 23 heavy (non-hydrogen) atoms. The molecule has 3 heterocycles. The van der Waals surface area contributed by atoms with Crippen LogP contribution in [0.3, 0.4) is 0 Å². The average Bonchev–Trinajstić information content (AvgIpc) is 3.09. The van der Waals surface area contributed by atoms with Crippen molar-refractivity contribution in [3.63, 3.8) is 0 Å². The molecule has 0 saturated carbocycles. The van der Waals surface area contributed by atoms with E-state index >= 15 is 0 Å². The first-order chi connectivity index (χ1) is 10.9. The van der Waals surface area contributed by atoms with Crippen molar-refractivity contribution in [2.24, 2.45) is 14.1 Å². The van der Waals surface area contributed by atoms with Crippen LogP contribution in [-0.2, 0) is 25.3 Å². The standard InChI is InChI=1S/C12H10BrN5O3S2/c1-17-8(20)7-5(4-22-9(7)18(2)12(17)21)3-6(19)14-11-16-15-10(13)23-11/h4H,3H2,1-2H3,(H,14,16,19). The van der Waals surface area contributed by atoms with Crippen molar-refractivity contribution in [3.05, 3.63) is 35.7 Å². The number of nitrogens with zero attached hydrogens (tertiary/aromatic N) is 4. The molecular formula is C12H10BrN5O3S2. The average molecular weight is 416 g/mol. The molecule has 0 radical (unpaired) electrons. The maximum Gasteiger partial charge on any atom is 0.331 e. The van der Waals surface area contributed by atoms with Crippen LogP contribution < -0.4 is 16.6 Å². The van der Waals surface area contributed by atoms with Crippen LogP contribution in [0.2, 0.25) is 0 Å². The third-order valence-corrected chi connectivity index (χ3v) is 5.62. The van der Waals surface area contributed by atoms with Gasteiger partial charge in [0, 0.05) is 14.1 Å². The van der Waals surface area contributed by atoms with Crippen molar-refractivity contribution in [2.45, 2.75) is 6.42 Å². The molecule has 3 rings (SSSR count). The van der Waals surface area contributed by atoms with Gasteiger partial charge in [0.2, 0.25) is 11.0 Å². The number of carbonyl (C=O) groups excluding carboxylic acids is 1. The molecule has 0 fully saturated rings. The minimum atomic E-state index is -0.397. The van der Waals surface area contributed by atoms with E-state index in [0.29, 0.717) is 24.8 Å². The molecule has 0 aliphatic carbocycles. The number of hydrogen-bond donors (Lipinski definition) is 1. The lowest BCUT2D eigenvalue weighted by molar-refractivity contribution is -0.115. The number of carbonyl (C=O) groups is 1. The van der Waals surface area contributed by atoms with Gasteiger partial charge in [0.05, 0.1) is 11.8 Å². The van der Waals surface area contributed by atoms with E-state index < -0.39 is 5.56 Å². The van der Waals surface area contributed by atoms with Crippen molar-refractivity contribution in [2.75, 3.05) is 5.32 Å². The Morgan fingerprint density at radius 1 is 1.30 bits per heavy atom. The normalized spacial score (nSPS) is 11.1. The topological polar surface area (TPSA) is 98.9 Å². The Hall–Kier alpha value is -1.85. The van der Waals surface area contributed by atoms with Gasteiger partial charge < -0.3 is 5.32 Å². The summed E-state index contributed by atoms with van der Waals surface area (Å²) in [4.78, 5) is 36.9. The van der Waals surface area contributed by atoms with Crippen LogP contribution in [0.25, 0.3) is 10.2 Å². The fraction of sp³-hybridized carbons (Fsp3) is 0.250. The van der Waals surface area contributed by atoms with Crippen LogP contribution in [0.4, 0.5) is 5.13 Å². The molecule has 0 spiro atoms. The third kappa shape index (κ3) is 2.86. The summed E-state index contributed by atoms with van der Waals surface area (Å²) in [6, 6.07) is 0. The lowest BCUT2D eigenvalue weighted by atomic mass is 10.1. The number of aryl methyl sites for hydroxylation is 1. The molecule has 120 valence electrons. The molecule has 3 aromatic heterocycles. The summed E-state index contributed by atoms with van der Waals surface area (Å²) in [6.45, 7) is 0. The van der Waals surface area contributed by atoms with Crippen molar-refractivity contribution in [1.82, 2.24) is 19.3 Å². The second-order valence-corrected chi connectivity index (χ2v) is 7.84. The molecule has 3 aromatic rings. The molecule has 0 bridgehead atoms. The first-order valence-corrected chi connectivity index (χ1v) is 8.82. The smallest absolute Gasteiger partial charge is 0.300 e. The highest BCUT2D eigenvalue weighted by Gasteiger charge is 2.17. The summed E-state index contributed by atoms with van der Waals surface area (Å²) in [5, 5.41) is 12.7. The van der Waals surface area contributed by atoms with Gasteiger partial charge in [-0.1, -0.05) is 11.3 Å². The van der Waals surface area contributed by atoms with Gasteiger partial charge >= 0.3 is 5.69 Å². The van der Waals surface area contributed by atoms with Gasteiger partial charge in [-0.25, -0.2) is 4.79 Å². The molecule has 1 amide bonds. The summed E-state index contributed by atoms with van der Waals surface area (Å²) in [7, 11) is 3.02. The fourth-order valence-corrected chi connectivity index (χ4v) is 4.20. The number of thiophene rings is 1. The fourth-order valence-electron chi connectivity index (χ4n) is 2.15. The van der Waals surface area contributed by atoms with Gasteiger partial charge in [0.15, 0.2) is 3.92 Å². The number of hydrogen-bond acceptors (Lipinski definition) is 7. The molecule has 0 aliphatic rings. The Bertz CT molecular complexity index is 1030. The van der Waals surface area contributed by atoms with E-state index in [-0.39, 0.29) is 18.0 Å². The lowest BCUT2D eigenvalue weighted by Crippen LogP contribution is -2.36. The molecule has 0 atom stereocenters. The van der Waals surface area contributed by atoms with Crippen LogP contribution in [0.1, 0.15) is 5.56 Å². The van der Waals surface area contributed by atoms with Gasteiger partial charge in [-0.15, -0.1) is 21.5 Å². The van der Waals surface area contributed by atoms with Crippen LogP contribution in [-0.4, -0.2) is 25.2 Å². The molecular weight excluding hydrogens is 406 g/mol. The number of fused-ring (bicyclic) bond motifs is 1. The molecule has 11 heteroatoms. The van der Waals surface area contributed by atoms with E-state index in [0.717, 1.165) is 4.57 Å². The predicted octanol–water partition coefficient (Wildman–Crippen LogP) is 1.09. The van der Waals surface area contributed by atoms with Gasteiger partial charge in [-0.3, -0.25) is 18.7 Å². The largest absolute Gasteiger partial charge is 0.331 e. The zero-order valence-corrected chi connectivity index (χ0v) is 15.2. The molecule has 1 N–H and O–H groups in total. The molecule has 0 aliphatic heterocycles. The number of halogens is 1. The van der Waals surface area contributed by atoms with Crippen LogP contribution in [0.15, 0.2) is 18.9 Å². The summed E-state index contributed by atoms with van der Waals surface area (Å²) in [5.41, 5.74) is -0.202. The van der Waals surface area contributed by atoms with Crippen molar-refractivity contribution in [3.8, 4) is 0 Å². The summed E-state index contributed by atoms with van der Waals surface area (Å²) in [6.07, 6.45) is 0.0185. The maximum atomic E-state index is 12.3. The van der Waals surface area contributed by atoms with Gasteiger partial charge in [-0.2, -0.15) is 0 Å². The van der Waals surface area contributed by atoms with E-state index in [1.165, 1.54) is 34.3 Å². The lowest BCUT2D eigenvalue weighted by Gasteiger charge is -2.04. The molecule has 8 nitrogen and oxygen atoms in total. The minimum absolute atomic E-state index is 0.0185. The quantitative estimate of drug-likeness (QED) is 0.690. The monoisotopic (exact) mass is 415 g/mol. The first-order valence-electron chi connectivity index (χ1n) is 6.33. The van der Waals surface area contributed by atoms with Crippen molar-refractivity contribution in [1.29, 1.82) is 0 Å². The maximum absolute atomic E-state index is 12.3. The van der Waals surface area contributed by atoms with Crippen LogP contribution in [0, 0.1) is 0 Å². The molecule has 0 aromatic carbocycles. The highest BCUT2D eigenvalue weighted by molar-refractivity contribution is 9.11. The van der Waals surface area contributed by atoms with E-state index in [2.05, 4.69) is 31.4 Å². The number of amides is 1. The van der Waals surface area contributed by atoms with Gasteiger partial charge in [0.1, 0.15) is 4.83 Å². The Balaban J connectivity index is 1.96. The number of anilines is 1. The van der Waals surface area contributed by atoms with E-state index in [4.69, 9.17) is 0 Å². The second-order valence-electron chi connectivity index (χ2n) is 4.73. The Labute approximate surface area is 145 Å². The van der Waals surface area contributed by atoms with Crippen molar-refractivity contribution < 1.29 is 4.79 Å². The Kier molecular flexibility index (Phi) is 4.17. The van der Waals surface area contributed by atoms with Gasteiger partial charge in [-0.05, 0) is 26.9 Å². The number of rotatable bonds is 3. The van der Waals surface area contributed by atoms with Gasteiger partial charge in [0.25, 0.3) is 5.56 Å². The summed E-state index contributed by atoms with van der Waals surface area (Å²) >= 11 is 5.63. The van der Waals surface area contributed by atoms with E-state index in [1.54, 1.807) is 12.4 Å². The van der Waals surface area contributed by atoms with E-state index in [1.807, 2.05) is 0 Å². The highest BCUT2D eigenvalue weighted by atomic mass is 79.9. The zero-order valence-electron chi connectivity index (χ0n) is 12.0.